The Kier molecular flexibility index (Phi) is 9.66. The molecule has 0 fully saturated rings. The van der Waals surface area contributed by atoms with Crippen LogP contribution in [-0.4, -0.2) is 9.97 Å². The number of aryl methyl sites for hydroxylation is 1. The van der Waals surface area contributed by atoms with Crippen molar-refractivity contribution in [2.24, 2.45) is 0 Å². The molecule has 4 nitrogen and oxygen atoms in total. The second kappa shape index (κ2) is 15.7. The molecule has 9 aromatic rings. The monoisotopic (exact) mass is 733 g/mol. The first kappa shape index (κ1) is 35.2. The lowest BCUT2D eigenvalue weighted by Crippen LogP contribution is -2.25. The van der Waals surface area contributed by atoms with E-state index >= 15 is 0 Å². The molecule has 0 atom stereocenters. The smallest absolute Gasteiger partial charge is 0.160 e. The molecule has 272 valence electrons. The minimum absolute atomic E-state index is 0.658. The second-order valence-corrected chi connectivity index (χ2v) is 14.0. The topological polar surface area (TPSA) is 42.2 Å². The van der Waals surface area contributed by atoms with E-state index in [4.69, 9.17) is 14.4 Å². The molecule has 2 heterocycles. The van der Waals surface area contributed by atoms with E-state index in [1.807, 2.05) is 48.5 Å². The van der Waals surface area contributed by atoms with Crippen LogP contribution < -0.4 is 15.5 Å². The van der Waals surface area contributed by atoms with Gasteiger partial charge in [0.1, 0.15) is 11.0 Å². The Morgan fingerprint density at radius 1 is 0.526 bits per heavy atom. The molecule has 0 aliphatic carbocycles. The number of fused-ring (bicyclic) bond motifs is 1. The van der Waals surface area contributed by atoms with Crippen LogP contribution in [0.1, 0.15) is 5.56 Å². The van der Waals surface area contributed by atoms with Gasteiger partial charge in [-0.1, -0.05) is 164 Å². The predicted octanol–water partition coefficient (Wildman–Crippen LogP) is 12.4. The molecule has 0 saturated carbocycles. The highest BCUT2D eigenvalue weighted by molar-refractivity contribution is 5.97. The Morgan fingerprint density at radius 2 is 1.09 bits per heavy atom. The number of anilines is 2. The Labute approximate surface area is 332 Å². The van der Waals surface area contributed by atoms with Crippen molar-refractivity contribution in [3.8, 4) is 56.2 Å². The SMILES string of the molecule is C=C/C=c1/oc2cc(C)cc(-c3cc(-c4ccccc4)nc(-c4ccccc4)n3)c2/c1=C/N(c1ccc(-c2ccccc2)cc1)c1ccccc1-c1ccccc1. The largest absolute Gasteiger partial charge is 0.456 e. The molecule has 4 heteroatoms. The lowest BCUT2D eigenvalue weighted by atomic mass is 10.00. The van der Waals surface area contributed by atoms with Crippen molar-refractivity contribution in [2.75, 3.05) is 4.90 Å². The molecular weight excluding hydrogens is 695 g/mol. The van der Waals surface area contributed by atoms with Crippen molar-refractivity contribution in [1.29, 1.82) is 0 Å². The number of aromatic nitrogens is 2. The van der Waals surface area contributed by atoms with Crippen LogP contribution in [0.2, 0.25) is 0 Å². The third kappa shape index (κ3) is 7.20. The maximum atomic E-state index is 6.75. The summed E-state index contributed by atoms with van der Waals surface area (Å²) >= 11 is 0. The minimum atomic E-state index is 0.658. The molecule has 0 N–H and O–H groups in total. The molecule has 2 aromatic heterocycles. The molecule has 0 aliphatic rings. The van der Waals surface area contributed by atoms with Gasteiger partial charge in [0.2, 0.25) is 0 Å². The molecule has 0 spiro atoms. The van der Waals surface area contributed by atoms with Gasteiger partial charge in [0.25, 0.3) is 0 Å². The zero-order chi connectivity index (χ0) is 38.6. The van der Waals surface area contributed by atoms with E-state index in [-0.39, 0.29) is 0 Å². The van der Waals surface area contributed by atoms with Crippen molar-refractivity contribution in [3.05, 3.63) is 217 Å². The molecule has 7 aromatic carbocycles. The minimum Gasteiger partial charge on any atom is -0.456 e. The summed E-state index contributed by atoms with van der Waals surface area (Å²) in [6, 6.07) is 65.1. The molecule has 57 heavy (non-hydrogen) atoms. The van der Waals surface area contributed by atoms with Gasteiger partial charge in [-0.2, -0.15) is 0 Å². The van der Waals surface area contributed by atoms with Gasteiger partial charge in [0.05, 0.1) is 17.1 Å². The Bertz CT molecular complexity index is 2900. The number of furan rings is 1. The van der Waals surface area contributed by atoms with Crippen molar-refractivity contribution in [2.45, 2.75) is 6.92 Å². The molecule has 9 rings (SSSR count). The second-order valence-electron chi connectivity index (χ2n) is 14.0. The van der Waals surface area contributed by atoms with Gasteiger partial charge in [0, 0.05) is 44.7 Å². The number of nitrogens with zero attached hydrogens (tertiary/aromatic N) is 3. The van der Waals surface area contributed by atoms with Crippen LogP contribution >= 0.6 is 0 Å². The van der Waals surface area contributed by atoms with E-state index in [0.29, 0.717) is 11.2 Å². The summed E-state index contributed by atoms with van der Waals surface area (Å²) in [6.45, 7) is 6.18. The molecular formula is C53H39N3O. The standard InChI is InChI=1S/C53H39N3O/c1-3-18-50-46(36-56(43-31-29-39(30-32-43)38-19-8-4-9-20-38)49-28-17-16-27-44(49)40-21-10-5-11-22-40)52-45(33-37(2)34-51(52)57-50)48-35-47(41-23-12-6-13-24-41)54-53(55-48)42-25-14-7-15-26-42/h3-36H,1H2,2H3/b46-36+,50-18+. The maximum absolute atomic E-state index is 6.75. The van der Waals surface area contributed by atoms with Gasteiger partial charge in [-0.15, -0.1) is 0 Å². The fourth-order valence-electron chi connectivity index (χ4n) is 7.43. The summed E-state index contributed by atoms with van der Waals surface area (Å²) in [6.07, 6.45) is 5.93. The van der Waals surface area contributed by atoms with Crippen LogP contribution in [0.25, 0.3) is 79.4 Å². The lowest BCUT2D eigenvalue weighted by molar-refractivity contribution is 0.575. The van der Waals surface area contributed by atoms with E-state index in [2.05, 4.69) is 170 Å². The van der Waals surface area contributed by atoms with Crippen molar-refractivity contribution >= 4 is 34.6 Å². The first-order valence-electron chi connectivity index (χ1n) is 19.1. The van der Waals surface area contributed by atoms with Crippen LogP contribution in [0, 0.1) is 6.92 Å². The number of benzene rings is 7. The van der Waals surface area contributed by atoms with Crippen LogP contribution in [-0.2, 0) is 0 Å². The highest BCUT2D eigenvalue weighted by atomic mass is 16.3. The fraction of sp³-hybridized carbons (Fsp3) is 0.0189. The molecule has 0 radical (unpaired) electrons. The predicted molar refractivity (Wildman–Crippen MR) is 237 cm³/mol. The number of hydrogen-bond donors (Lipinski definition) is 0. The highest BCUT2D eigenvalue weighted by Crippen LogP contribution is 2.37. The van der Waals surface area contributed by atoms with Crippen molar-refractivity contribution < 1.29 is 4.42 Å². The number of rotatable bonds is 9. The summed E-state index contributed by atoms with van der Waals surface area (Å²) in [7, 11) is 0. The van der Waals surface area contributed by atoms with Crippen LogP contribution in [0.5, 0.6) is 0 Å². The number of allylic oxidation sites excluding steroid dienone is 1. The van der Waals surface area contributed by atoms with Gasteiger partial charge >= 0.3 is 0 Å². The summed E-state index contributed by atoms with van der Waals surface area (Å²) in [5, 5.41) is 1.87. The summed E-state index contributed by atoms with van der Waals surface area (Å²) in [5.41, 5.74) is 13.7. The number of para-hydroxylation sites is 1. The van der Waals surface area contributed by atoms with Crippen LogP contribution in [0.15, 0.2) is 205 Å². The van der Waals surface area contributed by atoms with E-state index in [9.17, 15) is 0 Å². The third-order valence-electron chi connectivity index (χ3n) is 10.1. The average molecular weight is 734 g/mol. The lowest BCUT2D eigenvalue weighted by Gasteiger charge is -2.24. The summed E-state index contributed by atoms with van der Waals surface area (Å²) < 4.78 is 6.75. The highest BCUT2D eigenvalue weighted by Gasteiger charge is 2.19. The zero-order valence-corrected chi connectivity index (χ0v) is 31.6. The first-order chi connectivity index (χ1) is 28.1. The Morgan fingerprint density at radius 3 is 1.75 bits per heavy atom. The van der Waals surface area contributed by atoms with Gasteiger partial charge < -0.3 is 9.32 Å². The average Bonchev–Trinajstić information content (AvgIpc) is 3.62. The Balaban J connectivity index is 1.33. The van der Waals surface area contributed by atoms with Crippen molar-refractivity contribution in [1.82, 2.24) is 9.97 Å². The maximum Gasteiger partial charge on any atom is 0.160 e. The fourth-order valence-corrected chi connectivity index (χ4v) is 7.43. The summed E-state index contributed by atoms with van der Waals surface area (Å²) in [5.74, 6) is 0.658. The first-order valence-corrected chi connectivity index (χ1v) is 19.1. The van der Waals surface area contributed by atoms with Gasteiger partial charge in [0.15, 0.2) is 5.82 Å². The molecule has 0 unspecified atom stereocenters. The quantitative estimate of drug-likeness (QED) is 0.148. The summed E-state index contributed by atoms with van der Waals surface area (Å²) in [4.78, 5) is 12.6. The van der Waals surface area contributed by atoms with Crippen LogP contribution in [0.3, 0.4) is 0 Å². The Hall–Kier alpha value is -7.56. The van der Waals surface area contributed by atoms with E-state index in [1.54, 1.807) is 6.08 Å². The zero-order valence-electron chi connectivity index (χ0n) is 31.6. The molecule has 0 saturated heterocycles. The van der Waals surface area contributed by atoms with Crippen molar-refractivity contribution in [3.63, 3.8) is 0 Å². The molecule has 0 aliphatic heterocycles. The molecule has 0 bridgehead atoms. The molecule has 0 amide bonds. The van der Waals surface area contributed by atoms with Gasteiger partial charge in [-0.05, 0) is 71.7 Å². The van der Waals surface area contributed by atoms with E-state index in [0.717, 1.165) is 77.9 Å². The third-order valence-corrected chi connectivity index (χ3v) is 10.1. The van der Waals surface area contributed by atoms with Crippen LogP contribution in [0.4, 0.5) is 11.4 Å². The van der Waals surface area contributed by atoms with E-state index in [1.165, 1.54) is 5.56 Å². The van der Waals surface area contributed by atoms with Gasteiger partial charge in [-0.3, -0.25) is 0 Å². The van der Waals surface area contributed by atoms with Gasteiger partial charge in [-0.25, -0.2) is 9.97 Å². The normalized spacial score (nSPS) is 11.9. The van der Waals surface area contributed by atoms with E-state index < -0.39 is 0 Å². The number of hydrogen-bond acceptors (Lipinski definition) is 4.